The molecule has 2 aromatic heterocycles. The minimum Gasteiger partial charge on any atom is -0.463 e. The number of benzene rings is 2. The summed E-state index contributed by atoms with van der Waals surface area (Å²) in [5.74, 6) is 0.470. The zero-order valence-electron chi connectivity index (χ0n) is 14.6. The summed E-state index contributed by atoms with van der Waals surface area (Å²) in [6.45, 7) is 4.03. The van der Waals surface area contributed by atoms with Crippen molar-refractivity contribution in [3.63, 3.8) is 0 Å². The van der Waals surface area contributed by atoms with Crippen molar-refractivity contribution in [3.05, 3.63) is 83.6 Å². The number of carbonyl (C=O) groups excluding carboxylic acids is 1. The van der Waals surface area contributed by atoms with E-state index in [1.807, 2.05) is 62.4 Å². The number of rotatable bonds is 3. The fourth-order valence-corrected chi connectivity index (χ4v) is 3.16. The lowest BCUT2D eigenvalue weighted by Crippen LogP contribution is -2.13. The quantitative estimate of drug-likeness (QED) is 0.545. The number of aromatic nitrogens is 1. The van der Waals surface area contributed by atoms with E-state index in [2.05, 4.69) is 16.4 Å². The van der Waals surface area contributed by atoms with Gasteiger partial charge in [0.05, 0.1) is 17.3 Å². The number of furan rings is 1. The second-order valence-electron chi connectivity index (χ2n) is 6.38. The van der Waals surface area contributed by atoms with Gasteiger partial charge in [0.15, 0.2) is 5.76 Å². The monoisotopic (exact) mass is 342 g/mol. The molecular formula is C22H18N2O2. The molecule has 1 N–H and O–H groups in total. The summed E-state index contributed by atoms with van der Waals surface area (Å²) >= 11 is 0. The molecule has 128 valence electrons. The second-order valence-corrected chi connectivity index (χ2v) is 6.38. The van der Waals surface area contributed by atoms with Crippen LogP contribution in [0.15, 0.2) is 71.3 Å². The van der Waals surface area contributed by atoms with E-state index < -0.39 is 0 Å². The molecular weight excluding hydrogens is 324 g/mol. The third-order valence-corrected chi connectivity index (χ3v) is 4.21. The SMILES string of the molecule is Cc1cc(C)cc(NC(=O)c2cc(-c3ccco3)nc3ccccc23)c1. The van der Waals surface area contributed by atoms with E-state index in [9.17, 15) is 4.79 Å². The van der Waals surface area contributed by atoms with E-state index in [4.69, 9.17) is 4.42 Å². The molecule has 0 fully saturated rings. The number of carbonyl (C=O) groups is 1. The highest BCUT2D eigenvalue weighted by Crippen LogP contribution is 2.26. The maximum Gasteiger partial charge on any atom is 0.256 e. The molecule has 0 radical (unpaired) electrons. The van der Waals surface area contributed by atoms with Crippen LogP contribution in [0.1, 0.15) is 21.5 Å². The number of hydrogen-bond acceptors (Lipinski definition) is 3. The minimum absolute atomic E-state index is 0.165. The van der Waals surface area contributed by atoms with Crippen LogP contribution in [0.4, 0.5) is 5.69 Å². The number of amides is 1. The Labute approximate surface area is 151 Å². The zero-order chi connectivity index (χ0) is 18.1. The van der Waals surface area contributed by atoms with Gasteiger partial charge < -0.3 is 9.73 Å². The van der Waals surface area contributed by atoms with Gasteiger partial charge in [-0.15, -0.1) is 0 Å². The third kappa shape index (κ3) is 3.09. The average molecular weight is 342 g/mol. The molecule has 0 bridgehead atoms. The van der Waals surface area contributed by atoms with Crippen molar-refractivity contribution in [1.82, 2.24) is 4.98 Å². The van der Waals surface area contributed by atoms with Gasteiger partial charge in [-0.05, 0) is 61.4 Å². The Morgan fingerprint density at radius 1 is 0.962 bits per heavy atom. The van der Waals surface area contributed by atoms with E-state index >= 15 is 0 Å². The topological polar surface area (TPSA) is 55.1 Å². The van der Waals surface area contributed by atoms with Crippen LogP contribution in [0.3, 0.4) is 0 Å². The largest absolute Gasteiger partial charge is 0.463 e. The van der Waals surface area contributed by atoms with Crippen LogP contribution in [-0.4, -0.2) is 10.9 Å². The van der Waals surface area contributed by atoms with Crippen molar-refractivity contribution >= 4 is 22.5 Å². The number of fused-ring (bicyclic) bond motifs is 1. The fraction of sp³-hybridized carbons (Fsp3) is 0.0909. The van der Waals surface area contributed by atoms with Gasteiger partial charge in [-0.1, -0.05) is 24.3 Å². The highest BCUT2D eigenvalue weighted by molar-refractivity contribution is 6.13. The van der Waals surface area contributed by atoms with Gasteiger partial charge in [0, 0.05) is 11.1 Å². The summed E-state index contributed by atoms with van der Waals surface area (Å²) in [6.07, 6.45) is 1.60. The highest BCUT2D eigenvalue weighted by Gasteiger charge is 2.15. The van der Waals surface area contributed by atoms with Gasteiger partial charge in [0.1, 0.15) is 5.69 Å². The van der Waals surface area contributed by atoms with Crippen LogP contribution in [-0.2, 0) is 0 Å². The molecule has 0 aliphatic heterocycles. The Balaban J connectivity index is 1.80. The summed E-state index contributed by atoms with van der Waals surface area (Å²) in [6, 6.07) is 19.0. The summed E-state index contributed by atoms with van der Waals surface area (Å²) in [4.78, 5) is 17.6. The van der Waals surface area contributed by atoms with Crippen molar-refractivity contribution in [2.24, 2.45) is 0 Å². The molecule has 1 amide bonds. The smallest absolute Gasteiger partial charge is 0.256 e. The third-order valence-electron chi connectivity index (χ3n) is 4.21. The molecule has 4 heteroatoms. The predicted octanol–water partition coefficient (Wildman–Crippen LogP) is 5.36. The molecule has 0 aliphatic carbocycles. The lowest BCUT2D eigenvalue weighted by Gasteiger charge is -2.11. The highest BCUT2D eigenvalue weighted by atomic mass is 16.3. The van der Waals surface area contributed by atoms with Crippen molar-refractivity contribution in [2.75, 3.05) is 5.32 Å². The fourth-order valence-electron chi connectivity index (χ4n) is 3.16. The summed E-state index contributed by atoms with van der Waals surface area (Å²) in [7, 11) is 0. The lowest BCUT2D eigenvalue weighted by atomic mass is 10.1. The number of nitrogens with zero attached hydrogens (tertiary/aromatic N) is 1. The molecule has 4 rings (SSSR count). The second kappa shape index (κ2) is 6.48. The maximum absolute atomic E-state index is 13.0. The molecule has 0 aliphatic rings. The molecule has 0 atom stereocenters. The van der Waals surface area contributed by atoms with Gasteiger partial charge in [0.2, 0.25) is 0 Å². The Kier molecular flexibility index (Phi) is 4.01. The number of nitrogens with one attached hydrogen (secondary N) is 1. The van der Waals surface area contributed by atoms with E-state index in [1.54, 1.807) is 12.3 Å². The van der Waals surface area contributed by atoms with E-state index in [1.165, 1.54) is 0 Å². The summed E-state index contributed by atoms with van der Waals surface area (Å²) < 4.78 is 5.46. The van der Waals surface area contributed by atoms with Crippen LogP contribution in [0.5, 0.6) is 0 Å². The minimum atomic E-state index is -0.165. The van der Waals surface area contributed by atoms with Crippen LogP contribution < -0.4 is 5.32 Å². The van der Waals surface area contributed by atoms with Gasteiger partial charge in [-0.2, -0.15) is 0 Å². The molecule has 2 heterocycles. The maximum atomic E-state index is 13.0. The predicted molar refractivity (Wildman–Crippen MR) is 103 cm³/mol. The normalized spacial score (nSPS) is 10.8. The lowest BCUT2D eigenvalue weighted by molar-refractivity contribution is 0.102. The Hall–Kier alpha value is -3.40. The number of para-hydroxylation sites is 1. The van der Waals surface area contributed by atoms with Gasteiger partial charge in [-0.25, -0.2) is 4.98 Å². The van der Waals surface area contributed by atoms with Crippen LogP contribution in [0, 0.1) is 13.8 Å². The standard InChI is InChI=1S/C22H18N2O2/c1-14-10-15(2)12-16(11-14)23-22(25)18-13-20(21-8-5-9-26-21)24-19-7-4-3-6-17(18)19/h3-13H,1-2H3,(H,23,25). The summed E-state index contributed by atoms with van der Waals surface area (Å²) in [5, 5.41) is 3.82. The van der Waals surface area contributed by atoms with Gasteiger partial charge in [0.25, 0.3) is 5.91 Å². The first kappa shape index (κ1) is 16.1. The average Bonchev–Trinajstić information content (AvgIpc) is 3.14. The molecule has 4 aromatic rings. The van der Waals surface area contributed by atoms with E-state index in [0.717, 1.165) is 27.7 Å². The van der Waals surface area contributed by atoms with Crippen LogP contribution in [0.2, 0.25) is 0 Å². The van der Waals surface area contributed by atoms with Crippen molar-refractivity contribution < 1.29 is 9.21 Å². The van der Waals surface area contributed by atoms with Crippen LogP contribution >= 0.6 is 0 Å². The first-order valence-corrected chi connectivity index (χ1v) is 8.43. The van der Waals surface area contributed by atoms with E-state index in [-0.39, 0.29) is 5.91 Å². The Morgan fingerprint density at radius 3 is 2.46 bits per heavy atom. The molecule has 2 aromatic carbocycles. The van der Waals surface area contributed by atoms with Crippen LogP contribution in [0.25, 0.3) is 22.4 Å². The Bertz CT molecular complexity index is 1080. The number of anilines is 1. The summed E-state index contributed by atoms with van der Waals surface area (Å²) in [5.41, 5.74) is 4.97. The molecule has 0 saturated carbocycles. The van der Waals surface area contributed by atoms with Gasteiger partial charge >= 0.3 is 0 Å². The molecule has 26 heavy (non-hydrogen) atoms. The van der Waals surface area contributed by atoms with Gasteiger partial charge in [-0.3, -0.25) is 4.79 Å². The van der Waals surface area contributed by atoms with Crippen molar-refractivity contribution in [2.45, 2.75) is 13.8 Å². The number of pyridine rings is 1. The van der Waals surface area contributed by atoms with Crippen molar-refractivity contribution in [3.8, 4) is 11.5 Å². The molecule has 0 spiro atoms. The Morgan fingerprint density at radius 2 is 1.73 bits per heavy atom. The first-order chi connectivity index (χ1) is 12.6. The van der Waals surface area contributed by atoms with Crippen molar-refractivity contribution in [1.29, 1.82) is 0 Å². The molecule has 0 saturated heterocycles. The number of aryl methyl sites for hydroxylation is 2. The number of hydrogen-bond donors (Lipinski definition) is 1. The first-order valence-electron chi connectivity index (χ1n) is 8.43. The molecule has 4 nitrogen and oxygen atoms in total. The van der Waals surface area contributed by atoms with E-state index in [0.29, 0.717) is 17.0 Å². The molecule has 0 unspecified atom stereocenters. The zero-order valence-corrected chi connectivity index (χ0v) is 14.6.